The summed E-state index contributed by atoms with van der Waals surface area (Å²) < 4.78 is 0. The zero-order chi connectivity index (χ0) is 14.5. The van der Waals surface area contributed by atoms with Gasteiger partial charge >= 0.3 is 0 Å². The van der Waals surface area contributed by atoms with Crippen molar-refractivity contribution in [3.8, 4) is 0 Å². The van der Waals surface area contributed by atoms with Crippen molar-refractivity contribution in [2.45, 2.75) is 64.6 Å². The maximum absolute atomic E-state index is 3.50. The summed E-state index contributed by atoms with van der Waals surface area (Å²) in [7, 11) is 0. The molecule has 0 aromatic heterocycles. The summed E-state index contributed by atoms with van der Waals surface area (Å²) in [5, 5.41) is 3.50. The van der Waals surface area contributed by atoms with Crippen LogP contribution in [0.5, 0.6) is 0 Å². The quantitative estimate of drug-likeness (QED) is 0.797. The summed E-state index contributed by atoms with van der Waals surface area (Å²) in [5.74, 6) is 0.994. The molecule has 1 aliphatic carbocycles. The third kappa shape index (κ3) is 3.87. The summed E-state index contributed by atoms with van der Waals surface area (Å²) in [4.78, 5) is 2.75. The molecule has 2 atom stereocenters. The first-order chi connectivity index (χ1) is 10.4. The van der Waals surface area contributed by atoms with E-state index in [0.29, 0.717) is 0 Å². The Labute approximate surface area is 129 Å². The lowest BCUT2D eigenvalue weighted by atomic mass is 9.85. The van der Waals surface area contributed by atoms with Gasteiger partial charge in [-0.3, -0.25) is 4.90 Å². The van der Waals surface area contributed by atoms with Crippen molar-refractivity contribution in [1.82, 2.24) is 10.2 Å². The van der Waals surface area contributed by atoms with Crippen LogP contribution < -0.4 is 5.32 Å². The van der Waals surface area contributed by atoms with Gasteiger partial charge in [-0.15, -0.1) is 0 Å². The number of rotatable bonds is 6. The number of nitrogens with one attached hydrogen (secondary N) is 1. The Morgan fingerprint density at radius 3 is 2.90 bits per heavy atom. The normalized spacial score (nSPS) is 26.0. The number of fused-ring (bicyclic) bond motifs is 1. The van der Waals surface area contributed by atoms with Crippen LogP contribution in [0.4, 0.5) is 0 Å². The second-order valence-electron chi connectivity index (χ2n) is 6.87. The van der Waals surface area contributed by atoms with Gasteiger partial charge in [0.05, 0.1) is 0 Å². The Morgan fingerprint density at radius 1 is 1.14 bits per heavy atom. The molecular formula is C19H30N2. The molecule has 1 N–H and O–H groups in total. The van der Waals surface area contributed by atoms with Crippen molar-refractivity contribution < 1.29 is 0 Å². The Bertz CT molecular complexity index is 443. The van der Waals surface area contributed by atoms with Crippen LogP contribution in [-0.4, -0.2) is 24.0 Å². The Hall–Kier alpha value is -0.860. The molecule has 1 saturated heterocycles. The van der Waals surface area contributed by atoms with Gasteiger partial charge in [0, 0.05) is 19.1 Å². The van der Waals surface area contributed by atoms with E-state index in [9.17, 15) is 0 Å². The number of likely N-dealkylation sites (tertiary alicyclic amines) is 1. The molecule has 2 fully saturated rings. The topological polar surface area (TPSA) is 15.3 Å². The predicted molar refractivity (Wildman–Crippen MR) is 89.2 cm³/mol. The van der Waals surface area contributed by atoms with Gasteiger partial charge in [0.1, 0.15) is 0 Å². The highest BCUT2D eigenvalue weighted by Gasteiger charge is 2.35. The molecule has 3 rings (SSSR count). The monoisotopic (exact) mass is 286 g/mol. The molecule has 0 bridgehead atoms. The average molecular weight is 286 g/mol. The predicted octanol–water partition coefficient (Wildman–Crippen LogP) is 3.95. The highest BCUT2D eigenvalue weighted by molar-refractivity contribution is 5.23. The standard InChI is InChI=1S/C19H30N2/c1-2-11-20-14-16-6-5-7-17(13-16)15-21-12-10-18-8-3-4-9-19(18)21/h5-7,13,18-20H,2-4,8-12,14-15H2,1H3. The van der Waals surface area contributed by atoms with E-state index in [1.54, 1.807) is 0 Å². The van der Waals surface area contributed by atoms with Gasteiger partial charge in [-0.2, -0.15) is 0 Å². The number of hydrogen-bond donors (Lipinski definition) is 1. The average Bonchev–Trinajstić information content (AvgIpc) is 2.91. The molecule has 0 spiro atoms. The fraction of sp³-hybridized carbons (Fsp3) is 0.684. The molecule has 1 saturated carbocycles. The smallest absolute Gasteiger partial charge is 0.0236 e. The van der Waals surface area contributed by atoms with Gasteiger partial charge in [0.15, 0.2) is 0 Å². The number of benzene rings is 1. The summed E-state index contributed by atoms with van der Waals surface area (Å²) in [6.07, 6.45) is 8.45. The molecule has 2 heteroatoms. The van der Waals surface area contributed by atoms with Crippen LogP contribution in [0.25, 0.3) is 0 Å². The van der Waals surface area contributed by atoms with E-state index in [2.05, 4.69) is 41.4 Å². The molecule has 0 amide bonds. The van der Waals surface area contributed by atoms with Crippen LogP contribution in [0.3, 0.4) is 0 Å². The van der Waals surface area contributed by atoms with Gasteiger partial charge in [-0.1, -0.05) is 44.0 Å². The van der Waals surface area contributed by atoms with Crippen molar-refractivity contribution >= 4 is 0 Å². The number of hydrogen-bond acceptors (Lipinski definition) is 2. The SMILES string of the molecule is CCCNCc1cccc(CN2CCC3CCCCC32)c1. The maximum Gasteiger partial charge on any atom is 0.0236 e. The molecule has 21 heavy (non-hydrogen) atoms. The minimum absolute atomic E-state index is 0.876. The Balaban J connectivity index is 1.58. The van der Waals surface area contributed by atoms with Crippen molar-refractivity contribution in [2.75, 3.05) is 13.1 Å². The van der Waals surface area contributed by atoms with Gasteiger partial charge in [-0.05, 0) is 55.8 Å². The Morgan fingerprint density at radius 2 is 2.00 bits per heavy atom. The van der Waals surface area contributed by atoms with E-state index in [0.717, 1.165) is 31.6 Å². The van der Waals surface area contributed by atoms with E-state index in [1.165, 1.54) is 56.2 Å². The molecule has 1 aromatic carbocycles. The largest absolute Gasteiger partial charge is 0.313 e. The summed E-state index contributed by atoms with van der Waals surface area (Å²) >= 11 is 0. The molecule has 1 heterocycles. The number of nitrogens with zero attached hydrogens (tertiary/aromatic N) is 1. The summed E-state index contributed by atoms with van der Waals surface area (Å²) in [6, 6.07) is 10.1. The van der Waals surface area contributed by atoms with E-state index in [4.69, 9.17) is 0 Å². The maximum atomic E-state index is 3.50. The van der Waals surface area contributed by atoms with E-state index < -0.39 is 0 Å². The zero-order valence-corrected chi connectivity index (χ0v) is 13.5. The minimum Gasteiger partial charge on any atom is -0.313 e. The second kappa shape index (κ2) is 7.42. The molecule has 1 aliphatic heterocycles. The lowest BCUT2D eigenvalue weighted by Crippen LogP contribution is -2.34. The highest BCUT2D eigenvalue weighted by atomic mass is 15.2. The first kappa shape index (κ1) is 15.1. The minimum atomic E-state index is 0.876. The summed E-state index contributed by atoms with van der Waals surface area (Å²) in [6.45, 7) is 6.81. The molecule has 2 nitrogen and oxygen atoms in total. The lowest BCUT2D eigenvalue weighted by Gasteiger charge is -2.31. The van der Waals surface area contributed by atoms with Crippen LogP contribution in [-0.2, 0) is 13.1 Å². The van der Waals surface area contributed by atoms with Crippen molar-refractivity contribution in [3.05, 3.63) is 35.4 Å². The first-order valence-corrected chi connectivity index (χ1v) is 8.89. The molecule has 2 aliphatic rings. The van der Waals surface area contributed by atoms with E-state index in [-0.39, 0.29) is 0 Å². The van der Waals surface area contributed by atoms with E-state index in [1.807, 2.05) is 0 Å². The molecular weight excluding hydrogens is 256 g/mol. The van der Waals surface area contributed by atoms with Gasteiger partial charge in [-0.25, -0.2) is 0 Å². The fourth-order valence-electron chi connectivity index (χ4n) is 4.18. The van der Waals surface area contributed by atoms with Crippen LogP contribution >= 0.6 is 0 Å². The highest BCUT2D eigenvalue weighted by Crippen LogP contribution is 2.36. The van der Waals surface area contributed by atoms with Crippen LogP contribution in [0.15, 0.2) is 24.3 Å². The zero-order valence-electron chi connectivity index (χ0n) is 13.5. The first-order valence-electron chi connectivity index (χ1n) is 8.89. The lowest BCUT2D eigenvalue weighted by molar-refractivity contribution is 0.176. The van der Waals surface area contributed by atoms with Crippen LogP contribution in [0, 0.1) is 5.92 Å². The van der Waals surface area contributed by atoms with Crippen molar-refractivity contribution in [2.24, 2.45) is 5.92 Å². The van der Waals surface area contributed by atoms with Gasteiger partial charge in [0.2, 0.25) is 0 Å². The Kier molecular flexibility index (Phi) is 5.32. The molecule has 0 radical (unpaired) electrons. The van der Waals surface area contributed by atoms with Crippen molar-refractivity contribution in [1.29, 1.82) is 0 Å². The van der Waals surface area contributed by atoms with Crippen molar-refractivity contribution in [3.63, 3.8) is 0 Å². The van der Waals surface area contributed by atoms with Gasteiger partial charge < -0.3 is 5.32 Å². The van der Waals surface area contributed by atoms with Crippen LogP contribution in [0.1, 0.15) is 56.6 Å². The third-order valence-corrected chi connectivity index (χ3v) is 5.26. The molecule has 2 unspecified atom stereocenters. The van der Waals surface area contributed by atoms with Gasteiger partial charge in [0.25, 0.3) is 0 Å². The summed E-state index contributed by atoms with van der Waals surface area (Å²) in [5.41, 5.74) is 2.93. The molecule has 116 valence electrons. The fourth-order valence-corrected chi connectivity index (χ4v) is 4.18. The third-order valence-electron chi connectivity index (χ3n) is 5.26. The van der Waals surface area contributed by atoms with Crippen LogP contribution in [0.2, 0.25) is 0 Å². The molecule has 1 aromatic rings. The second-order valence-corrected chi connectivity index (χ2v) is 6.87. The van der Waals surface area contributed by atoms with E-state index >= 15 is 0 Å².